The number of carbonyl (C=O) groups excluding carboxylic acids is 1. The van der Waals surface area contributed by atoms with E-state index in [1.165, 1.54) is 0 Å². The molecule has 1 aromatic heterocycles. The Morgan fingerprint density at radius 2 is 2.33 bits per heavy atom. The summed E-state index contributed by atoms with van der Waals surface area (Å²) in [6.45, 7) is 0.423. The maximum absolute atomic E-state index is 12.2. The van der Waals surface area contributed by atoms with E-state index in [-0.39, 0.29) is 11.3 Å². The number of carbonyl (C=O) groups is 1. The number of aromatic amines is 1. The van der Waals surface area contributed by atoms with Gasteiger partial charge < -0.3 is 11.1 Å². The fraction of sp³-hybridized carbons (Fsp3) is 0.385. The number of rotatable bonds is 3. The standard InChI is InChI=1S/C13H16N4O/c14-8-13(4-1-5-13)12(18)16-10-2-3-11-9(6-10)7-15-17-11/h2-3,6-7H,1,4-5,8,14H2,(H,15,17)(H,16,18). The predicted molar refractivity (Wildman–Crippen MR) is 70.1 cm³/mol. The Morgan fingerprint density at radius 3 is 3.00 bits per heavy atom. The van der Waals surface area contributed by atoms with E-state index in [2.05, 4.69) is 15.5 Å². The van der Waals surface area contributed by atoms with Crippen LogP contribution in [0.15, 0.2) is 24.4 Å². The number of nitrogens with two attached hydrogens (primary N) is 1. The average Bonchev–Trinajstić information content (AvgIpc) is 2.75. The van der Waals surface area contributed by atoms with Crippen molar-refractivity contribution in [3.63, 3.8) is 0 Å². The molecule has 3 rings (SSSR count). The molecule has 94 valence electrons. The van der Waals surface area contributed by atoms with Crippen molar-refractivity contribution in [3.8, 4) is 0 Å². The quantitative estimate of drug-likeness (QED) is 0.767. The van der Waals surface area contributed by atoms with E-state index in [1.54, 1.807) is 6.20 Å². The lowest BCUT2D eigenvalue weighted by molar-refractivity contribution is -0.129. The van der Waals surface area contributed by atoms with E-state index in [9.17, 15) is 4.79 Å². The smallest absolute Gasteiger partial charge is 0.231 e. The van der Waals surface area contributed by atoms with Crippen LogP contribution in [-0.2, 0) is 4.79 Å². The van der Waals surface area contributed by atoms with Gasteiger partial charge in [-0.25, -0.2) is 0 Å². The molecule has 18 heavy (non-hydrogen) atoms. The van der Waals surface area contributed by atoms with Gasteiger partial charge in [0.05, 0.1) is 17.1 Å². The second-order valence-electron chi connectivity index (χ2n) is 4.96. The van der Waals surface area contributed by atoms with Crippen molar-refractivity contribution in [1.29, 1.82) is 0 Å². The molecule has 1 fully saturated rings. The van der Waals surface area contributed by atoms with Crippen LogP contribution in [0.25, 0.3) is 10.9 Å². The molecule has 5 heteroatoms. The van der Waals surface area contributed by atoms with Crippen molar-refractivity contribution in [1.82, 2.24) is 10.2 Å². The number of anilines is 1. The first kappa shape index (κ1) is 11.2. The van der Waals surface area contributed by atoms with Crippen LogP contribution in [0.2, 0.25) is 0 Å². The molecule has 1 aromatic carbocycles. The SMILES string of the molecule is NCC1(C(=O)Nc2ccc3[nH]ncc3c2)CCC1. The minimum atomic E-state index is -0.342. The number of aromatic nitrogens is 2. The molecular weight excluding hydrogens is 228 g/mol. The number of amides is 1. The van der Waals surface area contributed by atoms with Crippen LogP contribution in [0, 0.1) is 5.41 Å². The van der Waals surface area contributed by atoms with Crippen molar-refractivity contribution in [3.05, 3.63) is 24.4 Å². The Balaban J connectivity index is 1.81. The number of H-pyrrole nitrogens is 1. The number of hydrogen-bond donors (Lipinski definition) is 3. The Labute approximate surface area is 105 Å². The van der Waals surface area contributed by atoms with Gasteiger partial charge >= 0.3 is 0 Å². The average molecular weight is 244 g/mol. The third-order valence-corrected chi connectivity index (χ3v) is 3.88. The molecular formula is C13H16N4O. The number of hydrogen-bond acceptors (Lipinski definition) is 3. The van der Waals surface area contributed by atoms with E-state index >= 15 is 0 Å². The summed E-state index contributed by atoms with van der Waals surface area (Å²) in [6, 6.07) is 5.70. The fourth-order valence-corrected chi connectivity index (χ4v) is 2.41. The second kappa shape index (κ2) is 4.10. The van der Waals surface area contributed by atoms with Crippen LogP contribution in [-0.4, -0.2) is 22.6 Å². The maximum atomic E-state index is 12.2. The lowest BCUT2D eigenvalue weighted by atomic mass is 9.68. The third-order valence-electron chi connectivity index (χ3n) is 3.88. The third kappa shape index (κ3) is 1.67. The number of nitrogens with one attached hydrogen (secondary N) is 2. The summed E-state index contributed by atoms with van der Waals surface area (Å²) >= 11 is 0. The molecule has 1 heterocycles. The normalized spacial score (nSPS) is 17.4. The number of benzene rings is 1. The van der Waals surface area contributed by atoms with Crippen molar-refractivity contribution < 1.29 is 4.79 Å². The van der Waals surface area contributed by atoms with E-state index in [4.69, 9.17) is 5.73 Å². The molecule has 0 spiro atoms. The largest absolute Gasteiger partial charge is 0.329 e. The van der Waals surface area contributed by atoms with Crippen molar-refractivity contribution in [2.75, 3.05) is 11.9 Å². The molecule has 1 amide bonds. The Kier molecular flexibility index (Phi) is 2.56. The van der Waals surface area contributed by atoms with E-state index in [0.717, 1.165) is 35.9 Å². The molecule has 0 bridgehead atoms. The predicted octanol–water partition coefficient (Wildman–Crippen LogP) is 1.63. The summed E-state index contributed by atoms with van der Waals surface area (Å²) in [6.07, 6.45) is 4.62. The monoisotopic (exact) mass is 244 g/mol. The van der Waals surface area contributed by atoms with E-state index in [1.807, 2.05) is 18.2 Å². The van der Waals surface area contributed by atoms with Gasteiger partial charge in [-0.3, -0.25) is 9.89 Å². The molecule has 0 radical (unpaired) electrons. The fourth-order valence-electron chi connectivity index (χ4n) is 2.41. The van der Waals surface area contributed by atoms with Gasteiger partial charge in [0.2, 0.25) is 5.91 Å². The summed E-state index contributed by atoms with van der Waals surface area (Å²) in [5, 5.41) is 10.8. The molecule has 0 aliphatic heterocycles. The summed E-state index contributed by atoms with van der Waals surface area (Å²) in [4.78, 5) is 12.2. The lowest BCUT2D eigenvalue weighted by Crippen LogP contribution is -2.47. The zero-order valence-electron chi connectivity index (χ0n) is 10.1. The molecule has 1 aliphatic carbocycles. The minimum Gasteiger partial charge on any atom is -0.329 e. The second-order valence-corrected chi connectivity index (χ2v) is 4.96. The Hall–Kier alpha value is -1.88. The summed E-state index contributed by atoms with van der Waals surface area (Å²) in [5.74, 6) is 0.0408. The lowest BCUT2D eigenvalue weighted by Gasteiger charge is -2.39. The Morgan fingerprint density at radius 1 is 1.50 bits per heavy atom. The van der Waals surface area contributed by atoms with Crippen LogP contribution < -0.4 is 11.1 Å². The summed E-state index contributed by atoms with van der Waals surface area (Å²) in [7, 11) is 0. The van der Waals surface area contributed by atoms with Gasteiger partial charge in [-0.1, -0.05) is 6.42 Å². The molecule has 2 aromatic rings. The zero-order valence-corrected chi connectivity index (χ0v) is 10.1. The van der Waals surface area contributed by atoms with Crippen molar-refractivity contribution in [2.24, 2.45) is 11.1 Å². The first-order valence-electron chi connectivity index (χ1n) is 6.18. The first-order valence-corrected chi connectivity index (χ1v) is 6.18. The van der Waals surface area contributed by atoms with Gasteiger partial charge in [0.1, 0.15) is 0 Å². The van der Waals surface area contributed by atoms with Crippen molar-refractivity contribution in [2.45, 2.75) is 19.3 Å². The highest BCUT2D eigenvalue weighted by atomic mass is 16.2. The maximum Gasteiger partial charge on any atom is 0.231 e. The first-order chi connectivity index (χ1) is 8.73. The number of nitrogens with zero attached hydrogens (tertiary/aromatic N) is 1. The Bertz CT molecular complexity index is 580. The summed E-state index contributed by atoms with van der Waals surface area (Å²) < 4.78 is 0. The van der Waals surface area contributed by atoms with Gasteiger partial charge in [0.15, 0.2) is 0 Å². The van der Waals surface area contributed by atoms with Crippen LogP contribution in [0.4, 0.5) is 5.69 Å². The van der Waals surface area contributed by atoms with Gasteiger partial charge in [-0.2, -0.15) is 5.10 Å². The molecule has 5 nitrogen and oxygen atoms in total. The summed E-state index contributed by atoms with van der Waals surface area (Å²) in [5.41, 5.74) is 7.14. The van der Waals surface area contributed by atoms with Crippen LogP contribution >= 0.6 is 0 Å². The molecule has 1 aliphatic rings. The number of fused-ring (bicyclic) bond motifs is 1. The van der Waals surface area contributed by atoms with Gasteiger partial charge in [-0.05, 0) is 31.0 Å². The van der Waals surface area contributed by atoms with Crippen LogP contribution in [0.5, 0.6) is 0 Å². The van der Waals surface area contributed by atoms with E-state index < -0.39 is 0 Å². The highest BCUT2D eigenvalue weighted by molar-refractivity contribution is 5.97. The zero-order chi connectivity index (χ0) is 12.6. The minimum absolute atomic E-state index is 0.0408. The van der Waals surface area contributed by atoms with Gasteiger partial charge in [0, 0.05) is 17.6 Å². The highest BCUT2D eigenvalue weighted by Crippen LogP contribution is 2.40. The molecule has 0 unspecified atom stereocenters. The van der Waals surface area contributed by atoms with Gasteiger partial charge in [-0.15, -0.1) is 0 Å². The van der Waals surface area contributed by atoms with E-state index in [0.29, 0.717) is 6.54 Å². The van der Waals surface area contributed by atoms with Crippen LogP contribution in [0.1, 0.15) is 19.3 Å². The van der Waals surface area contributed by atoms with Gasteiger partial charge in [0.25, 0.3) is 0 Å². The molecule has 1 saturated carbocycles. The molecule has 0 atom stereocenters. The molecule has 0 saturated heterocycles. The molecule has 4 N–H and O–H groups in total. The topological polar surface area (TPSA) is 83.8 Å². The highest BCUT2D eigenvalue weighted by Gasteiger charge is 2.42. The van der Waals surface area contributed by atoms with Crippen molar-refractivity contribution >= 4 is 22.5 Å². The van der Waals surface area contributed by atoms with Crippen LogP contribution in [0.3, 0.4) is 0 Å².